The predicted molar refractivity (Wildman–Crippen MR) is 89.1 cm³/mol. The smallest absolute Gasteiger partial charge is 0.122 e. The van der Waals surface area contributed by atoms with Crippen molar-refractivity contribution in [3.05, 3.63) is 64.7 Å². The van der Waals surface area contributed by atoms with Crippen LogP contribution < -0.4 is 10.1 Å². The SMILES string of the molecule is CCc1ccc(CC(NC)c2ccc(C)c(OC)c2)cc1. The molecule has 0 spiro atoms. The topological polar surface area (TPSA) is 21.3 Å². The molecular weight excluding hydrogens is 258 g/mol. The first-order valence-corrected chi connectivity index (χ1v) is 7.57. The Bertz CT molecular complexity index is 575. The predicted octanol–water partition coefficient (Wildman–Crippen LogP) is 4.07. The molecule has 0 aromatic heterocycles. The van der Waals surface area contributed by atoms with Crippen LogP contribution in [0.15, 0.2) is 42.5 Å². The van der Waals surface area contributed by atoms with Crippen molar-refractivity contribution < 1.29 is 4.74 Å². The standard InChI is InChI=1S/C19H25NO/c1-5-15-7-9-16(10-8-15)12-18(20-3)17-11-6-14(2)19(13-17)21-4/h6-11,13,18,20H,5,12H2,1-4H3. The molecule has 1 N–H and O–H groups in total. The van der Waals surface area contributed by atoms with Crippen molar-refractivity contribution >= 4 is 0 Å². The van der Waals surface area contributed by atoms with Gasteiger partial charge in [0.25, 0.3) is 0 Å². The molecule has 1 unspecified atom stereocenters. The Hall–Kier alpha value is -1.80. The third kappa shape index (κ3) is 3.85. The fourth-order valence-corrected chi connectivity index (χ4v) is 2.59. The summed E-state index contributed by atoms with van der Waals surface area (Å²) < 4.78 is 5.43. The van der Waals surface area contributed by atoms with Gasteiger partial charge in [-0.15, -0.1) is 0 Å². The summed E-state index contributed by atoms with van der Waals surface area (Å²) in [5.74, 6) is 0.953. The van der Waals surface area contributed by atoms with Crippen LogP contribution in [-0.4, -0.2) is 14.2 Å². The summed E-state index contributed by atoms with van der Waals surface area (Å²) in [5.41, 5.74) is 5.17. The second kappa shape index (κ2) is 7.28. The molecule has 0 radical (unpaired) electrons. The van der Waals surface area contributed by atoms with Gasteiger partial charge >= 0.3 is 0 Å². The van der Waals surface area contributed by atoms with Gasteiger partial charge in [0.1, 0.15) is 5.75 Å². The van der Waals surface area contributed by atoms with Crippen molar-refractivity contribution in [2.75, 3.05) is 14.2 Å². The molecule has 0 amide bonds. The molecule has 21 heavy (non-hydrogen) atoms. The number of aryl methyl sites for hydroxylation is 2. The minimum atomic E-state index is 0.298. The van der Waals surface area contributed by atoms with Crippen molar-refractivity contribution in [2.24, 2.45) is 0 Å². The minimum Gasteiger partial charge on any atom is -0.496 e. The van der Waals surface area contributed by atoms with E-state index in [1.54, 1.807) is 7.11 Å². The molecule has 1 atom stereocenters. The van der Waals surface area contributed by atoms with Crippen molar-refractivity contribution in [3.8, 4) is 5.75 Å². The first-order chi connectivity index (χ1) is 10.2. The number of ether oxygens (including phenoxy) is 1. The quantitative estimate of drug-likeness (QED) is 0.863. The molecule has 0 aliphatic carbocycles. The molecule has 2 nitrogen and oxygen atoms in total. The molecule has 2 heteroatoms. The molecule has 2 aromatic rings. The molecule has 0 fully saturated rings. The minimum absolute atomic E-state index is 0.298. The van der Waals surface area contributed by atoms with Crippen LogP contribution in [0.4, 0.5) is 0 Å². The van der Waals surface area contributed by atoms with Gasteiger partial charge in [-0.05, 0) is 55.1 Å². The van der Waals surface area contributed by atoms with Crippen molar-refractivity contribution in [1.82, 2.24) is 5.32 Å². The zero-order valence-corrected chi connectivity index (χ0v) is 13.4. The van der Waals surface area contributed by atoms with Gasteiger partial charge in [0, 0.05) is 6.04 Å². The second-order valence-corrected chi connectivity index (χ2v) is 5.44. The molecule has 0 aliphatic heterocycles. The fourth-order valence-electron chi connectivity index (χ4n) is 2.59. The average Bonchev–Trinajstić information content (AvgIpc) is 2.54. The largest absolute Gasteiger partial charge is 0.496 e. The van der Waals surface area contributed by atoms with Crippen LogP contribution in [0.1, 0.15) is 35.2 Å². The van der Waals surface area contributed by atoms with Gasteiger partial charge in [-0.2, -0.15) is 0 Å². The maximum atomic E-state index is 5.43. The molecule has 2 aromatic carbocycles. The van der Waals surface area contributed by atoms with Crippen molar-refractivity contribution in [2.45, 2.75) is 32.7 Å². The maximum absolute atomic E-state index is 5.43. The van der Waals surface area contributed by atoms with Crippen LogP contribution in [-0.2, 0) is 12.8 Å². The second-order valence-electron chi connectivity index (χ2n) is 5.44. The van der Waals surface area contributed by atoms with Crippen LogP contribution in [0.3, 0.4) is 0 Å². The van der Waals surface area contributed by atoms with Gasteiger partial charge in [0.2, 0.25) is 0 Å². The number of nitrogens with one attached hydrogen (secondary N) is 1. The van der Waals surface area contributed by atoms with Gasteiger partial charge in [-0.1, -0.05) is 43.3 Å². The lowest BCUT2D eigenvalue weighted by atomic mass is 9.97. The Labute approximate surface area is 128 Å². The molecule has 0 saturated heterocycles. The zero-order chi connectivity index (χ0) is 15.2. The van der Waals surface area contributed by atoms with E-state index in [2.05, 4.69) is 61.6 Å². The van der Waals surface area contributed by atoms with E-state index in [1.165, 1.54) is 22.3 Å². The number of hydrogen-bond donors (Lipinski definition) is 1. The van der Waals surface area contributed by atoms with E-state index in [9.17, 15) is 0 Å². The Balaban J connectivity index is 2.18. The van der Waals surface area contributed by atoms with Crippen LogP contribution in [0.2, 0.25) is 0 Å². The van der Waals surface area contributed by atoms with Crippen molar-refractivity contribution in [3.63, 3.8) is 0 Å². The van der Waals surface area contributed by atoms with Gasteiger partial charge in [-0.3, -0.25) is 0 Å². The van der Waals surface area contributed by atoms with Gasteiger partial charge in [-0.25, -0.2) is 0 Å². The van der Waals surface area contributed by atoms with Gasteiger partial charge in [0.05, 0.1) is 7.11 Å². The number of benzene rings is 2. The number of rotatable bonds is 6. The molecule has 2 rings (SSSR count). The number of methoxy groups -OCH3 is 1. The van der Waals surface area contributed by atoms with Gasteiger partial charge < -0.3 is 10.1 Å². The van der Waals surface area contributed by atoms with E-state index in [0.717, 1.165) is 18.6 Å². The third-order valence-electron chi connectivity index (χ3n) is 4.05. The van der Waals surface area contributed by atoms with Crippen molar-refractivity contribution in [1.29, 1.82) is 0 Å². The summed E-state index contributed by atoms with van der Waals surface area (Å²) in [6, 6.07) is 15.6. The van der Waals surface area contributed by atoms with Crippen LogP contribution in [0.5, 0.6) is 5.75 Å². The number of hydrogen-bond acceptors (Lipinski definition) is 2. The first-order valence-electron chi connectivity index (χ1n) is 7.57. The highest BCUT2D eigenvalue weighted by Gasteiger charge is 2.12. The summed E-state index contributed by atoms with van der Waals surface area (Å²) in [6.07, 6.45) is 2.07. The van der Waals surface area contributed by atoms with Crippen LogP contribution in [0, 0.1) is 6.92 Å². The Morgan fingerprint density at radius 3 is 2.29 bits per heavy atom. The number of likely N-dealkylation sites (N-methyl/N-ethyl adjacent to an activating group) is 1. The van der Waals surface area contributed by atoms with E-state index in [1.807, 2.05) is 7.05 Å². The van der Waals surface area contributed by atoms with E-state index in [-0.39, 0.29) is 0 Å². The monoisotopic (exact) mass is 283 g/mol. The summed E-state index contributed by atoms with van der Waals surface area (Å²) in [6.45, 7) is 4.25. The van der Waals surface area contributed by atoms with Crippen LogP contribution >= 0.6 is 0 Å². The highest BCUT2D eigenvalue weighted by molar-refractivity contribution is 5.38. The van der Waals surface area contributed by atoms with E-state index in [4.69, 9.17) is 4.74 Å². The Morgan fingerprint density at radius 1 is 1.05 bits per heavy atom. The third-order valence-corrected chi connectivity index (χ3v) is 4.05. The summed E-state index contributed by atoms with van der Waals surface area (Å²) in [5, 5.41) is 3.41. The molecule has 0 heterocycles. The summed E-state index contributed by atoms with van der Waals surface area (Å²) in [7, 11) is 3.74. The lowest BCUT2D eigenvalue weighted by Crippen LogP contribution is -2.19. The fraction of sp³-hybridized carbons (Fsp3) is 0.368. The van der Waals surface area contributed by atoms with E-state index < -0.39 is 0 Å². The first kappa shape index (κ1) is 15.6. The Morgan fingerprint density at radius 2 is 1.71 bits per heavy atom. The van der Waals surface area contributed by atoms with Gasteiger partial charge in [0.15, 0.2) is 0 Å². The Kier molecular flexibility index (Phi) is 5.40. The van der Waals surface area contributed by atoms with Crippen LogP contribution in [0.25, 0.3) is 0 Å². The molecule has 0 saturated carbocycles. The zero-order valence-electron chi connectivity index (χ0n) is 13.4. The normalized spacial score (nSPS) is 12.2. The molecule has 0 aliphatic rings. The summed E-state index contributed by atoms with van der Waals surface area (Å²) >= 11 is 0. The molecular formula is C19H25NO. The average molecular weight is 283 g/mol. The molecule has 0 bridgehead atoms. The lowest BCUT2D eigenvalue weighted by molar-refractivity contribution is 0.410. The highest BCUT2D eigenvalue weighted by Crippen LogP contribution is 2.25. The van der Waals surface area contributed by atoms with E-state index in [0.29, 0.717) is 6.04 Å². The summed E-state index contributed by atoms with van der Waals surface area (Å²) in [4.78, 5) is 0. The molecule has 112 valence electrons. The maximum Gasteiger partial charge on any atom is 0.122 e. The lowest BCUT2D eigenvalue weighted by Gasteiger charge is -2.18. The highest BCUT2D eigenvalue weighted by atomic mass is 16.5. The van der Waals surface area contributed by atoms with E-state index >= 15 is 0 Å².